The molecule has 0 fully saturated rings. The second-order valence-corrected chi connectivity index (χ2v) is 6.34. The Hall–Kier alpha value is -1.35. The van der Waals surface area contributed by atoms with Crippen molar-refractivity contribution in [2.75, 3.05) is 6.54 Å². The minimum Gasteiger partial charge on any atom is -0.387 e. The lowest BCUT2D eigenvalue weighted by Gasteiger charge is -2.24. The zero-order chi connectivity index (χ0) is 15.3. The number of aliphatic hydroxyl groups is 1. The van der Waals surface area contributed by atoms with Gasteiger partial charge in [-0.1, -0.05) is 51.0 Å². The number of carbonyl (C=O) groups is 1. The van der Waals surface area contributed by atoms with Gasteiger partial charge in [-0.2, -0.15) is 0 Å². The van der Waals surface area contributed by atoms with Crippen molar-refractivity contribution in [3.8, 4) is 0 Å². The van der Waals surface area contributed by atoms with Gasteiger partial charge in [-0.05, 0) is 24.0 Å². The molecular formula is C18H27NO2. The van der Waals surface area contributed by atoms with Crippen LogP contribution in [-0.2, 0) is 17.6 Å². The maximum atomic E-state index is 12.3. The molecule has 3 heteroatoms. The molecule has 1 aromatic carbocycles. The highest BCUT2D eigenvalue weighted by Gasteiger charge is 2.35. The summed E-state index contributed by atoms with van der Waals surface area (Å²) in [5.41, 5.74) is 1.59. The van der Waals surface area contributed by atoms with Crippen molar-refractivity contribution in [3.05, 3.63) is 35.4 Å². The average Bonchev–Trinajstić information content (AvgIpc) is 2.81. The smallest absolute Gasteiger partial charge is 0.223 e. The van der Waals surface area contributed by atoms with E-state index in [1.54, 1.807) is 0 Å². The van der Waals surface area contributed by atoms with Gasteiger partial charge in [0, 0.05) is 25.3 Å². The SMILES string of the molecule is CCCC(CCC)C(=O)NCC1(O)Cc2ccccc2C1. The number of hydrogen-bond donors (Lipinski definition) is 2. The summed E-state index contributed by atoms with van der Waals surface area (Å²) in [4.78, 5) is 12.3. The first-order valence-corrected chi connectivity index (χ1v) is 8.15. The van der Waals surface area contributed by atoms with E-state index in [4.69, 9.17) is 0 Å². The molecule has 2 N–H and O–H groups in total. The van der Waals surface area contributed by atoms with E-state index < -0.39 is 5.60 Å². The van der Waals surface area contributed by atoms with Gasteiger partial charge >= 0.3 is 0 Å². The lowest BCUT2D eigenvalue weighted by atomic mass is 9.96. The van der Waals surface area contributed by atoms with Crippen LogP contribution in [0.2, 0.25) is 0 Å². The molecule has 0 unspecified atom stereocenters. The van der Waals surface area contributed by atoms with Crippen LogP contribution in [0.15, 0.2) is 24.3 Å². The summed E-state index contributed by atoms with van der Waals surface area (Å²) in [6, 6.07) is 8.13. The molecule has 0 saturated heterocycles. The largest absolute Gasteiger partial charge is 0.387 e. The van der Waals surface area contributed by atoms with Crippen LogP contribution in [0.1, 0.15) is 50.7 Å². The molecule has 2 rings (SSSR count). The van der Waals surface area contributed by atoms with E-state index in [1.807, 2.05) is 12.1 Å². The number of amides is 1. The molecule has 1 amide bonds. The van der Waals surface area contributed by atoms with Crippen LogP contribution in [0.4, 0.5) is 0 Å². The molecular weight excluding hydrogens is 262 g/mol. The minimum absolute atomic E-state index is 0.0902. The average molecular weight is 289 g/mol. The summed E-state index contributed by atoms with van der Waals surface area (Å²) >= 11 is 0. The van der Waals surface area contributed by atoms with E-state index >= 15 is 0 Å². The predicted octanol–water partition coefficient (Wildman–Crippen LogP) is 2.85. The normalized spacial score (nSPS) is 16.0. The second kappa shape index (κ2) is 7.08. The van der Waals surface area contributed by atoms with Crippen LogP contribution in [0.5, 0.6) is 0 Å². The lowest BCUT2D eigenvalue weighted by Crippen LogP contribution is -2.45. The third-order valence-corrected chi connectivity index (χ3v) is 4.39. The monoisotopic (exact) mass is 289 g/mol. The molecule has 0 heterocycles. The van der Waals surface area contributed by atoms with Gasteiger partial charge in [0.25, 0.3) is 0 Å². The summed E-state index contributed by atoms with van der Waals surface area (Å²) < 4.78 is 0. The number of nitrogens with one attached hydrogen (secondary N) is 1. The van der Waals surface area contributed by atoms with E-state index in [1.165, 1.54) is 11.1 Å². The zero-order valence-electron chi connectivity index (χ0n) is 13.2. The predicted molar refractivity (Wildman–Crippen MR) is 85.1 cm³/mol. The third kappa shape index (κ3) is 4.07. The van der Waals surface area contributed by atoms with E-state index in [9.17, 15) is 9.90 Å². The first-order valence-electron chi connectivity index (χ1n) is 8.15. The molecule has 0 bridgehead atoms. The molecule has 1 aromatic rings. The Labute approximate surface area is 127 Å². The highest BCUT2D eigenvalue weighted by Crippen LogP contribution is 2.29. The fourth-order valence-corrected chi connectivity index (χ4v) is 3.30. The van der Waals surface area contributed by atoms with Crippen LogP contribution in [-0.4, -0.2) is 23.2 Å². The summed E-state index contributed by atoms with van der Waals surface area (Å²) in [5, 5.41) is 13.7. The van der Waals surface area contributed by atoms with E-state index in [-0.39, 0.29) is 11.8 Å². The van der Waals surface area contributed by atoms with Gasteiger partial charge in [0.1, 0.15) is 0 Å². The molecule has 0 aromatic heterocycles. The van der Waals surface area contributed by atoms with Crippen molar-refractivity contribution in [1.82, 2.24) is 5.32 Å². The lowest BCUT2D eigenvalue weighted by molar-refractivity contribution is -0.126. The van der Waals surface area contributed by atoms with E-state index in [0.29, 0.717) is 19.4 Å². The Morgan fingerprint density at radius 1 is 1.19 bits per heavy atom. The first kappa shape index (κ1) is 16.0. The van der Waals surface area contributed by atoms with E-state index in [2.05, 4.69) is 31.3 Å². The Balaban J connectivity index is 1.89. The molecule has 1 aliphatic carbocycles. The van der Waals surface area contributed by atoms with Gasteiger partial charge in [-0.25, -0.2) is 0 Å². The molecule has 0 atom stereocenters. The molecule has 0 spiro atoms. The summed E-state index contributed by atoms with van der Waals surface area (Å²) in [5.74, 6) is 0.190. The van der Waals surface area contributed by atoms with Crippen molar-refractivity contribution in [2.45, 2.75) is 58.0 Å². The Morgan fingerprint density at radius 3 is 2.19 bits per heavy atom. The van der Waals surface area contributed by atoms with Gasteiger partial charge in [-0.15, -0.1) is 0 Å². The van der Waals surface area contributed by atoms with Crippen LogP contribution in [0, 0.1) is 5.92 Å². The van der Waals surface area contributed by atoms with Crippen molar-refractivity contribution in [1.29, 1.82) is 0 Å². The molecule has 1 aliphatic rings. The number of carbonyl (C=O) groups excluding carboxylic acids is 1. The summed E-state index contributed by atoms with van der Waals surface area (Å²) in [7, 11) is 0. The molecule has 0 radical (unpaired) electrons. The Kier molecular flexibility index (Phi) is 5.40. The fraction of sp³-hybridized carbons (Fsp3) is 0.611. The molecule has 0 saturated carbocycles. The number of fused-ring (bicyclic) bond motifs is 1. The highest BCUT2D eigenvalue weighted by molar-refractivity contribution is 5.78. The first-order chi connectivity index (χ1) is 10.1. The number of benzene rings is 1. The van der Waals surface area contributed by atoms with Crippen molar-refractivity contribution < 1.29 is 9.90 Å². The quantitative estimate of drug-likeness (QED) is 0.811. The van der Waals surface area contributed by atoms with Crippen LogP contribution < -0.4 is 5.32 Å². The zero-order valence-corrected chi connectivity index (χ0v) is 13.2. The van der Waals surface area contributed by atoms with Crippen molar-refractivity contribution >= 4 is 5.91 Å². The number of hydrogen-bond acceptors (Lipinski definition) is 2. The maximum absolute atomic E-state index is 12.3. The fourth-order valence-electron chi connectivity index (χ4n) is 3.30. The van der Waals surface area contributed by atoms with Crippen LogP contribution >= 0.6 is 0 Å². The molecule has 21 heavy (non-hydrogen) atoms. The Bertz CT molecular complexity index is 453. The molecule has 3 nitrogen and oxygen atoms in total. The van der Waals surface area contributed by atoms with Gasteiger partial charge in [-0.3, -0.25) is 4.79 Å². The maximum Gasteiger partial charge on any atom is 0.223 e. The highest BCUT2D eigenvalue weighted by atomic mass is 16.3. The third-order valence-electron chi connectivity index (χ3n) is 4.39. The Morgan fingerprint density at radius 2 is 1.71 bits per heavy atom. The van der Waals surface area contributed by atoms with Gasteiger partial charge in [0.15, 0.2) is 0 Å². The molecule has 116 valence electrons. The standard InChI is InChI=1S/C18H27NO2/c1-3-7-14(8-4-2)17(20)19-13-18(21)11-15-9-5-6-10-16(15)12-18/h5-6,9-10,14,21H,3-4,7-8,11-13H2,1-2H3,(H,19,20). The van der Waals surface area contributed by atoms with Crippen LogP contribution in [0.3, 0.4) is 0 Å². The van der Waals surface area contributed by atoms with Gasteiger partial charge in [0.2, 0.25) is 5.91 Å². The van der Waals surface area contributed by atoms with Gasteiger partial charge in [0.05, 0.1) is 5.60 Å². The molecule has 0 aliphatic heterocycles. The summed E-state index contributed by atoms with van der Waals surface area (Å²) in [6.07, 6.45) is 5.17. The number of rotatable bonds is 7. The van der Waals surface area contributed by atoms with Crippen LogP contribution in [0.25, 0.3) is 0 Å². The van der Waals surface area contributed by atoms with E-state index in [0.717, 1.165) is 25.7 Å². The minimum atomic E-state index is -0.817. The topological polar surface area (TPSA) is 49.3 Å². The van der Waals surface area contributed by atoms with Gasteiger partial charge < -0.3 is 10.4 Å². The van der Waals surface area contributed by atoms with Crippen molar-refractivity contribution in [3.63, 3.8) is 0 Å². The van der Waals surface area contributed by atoms with Crippen molar-refractivity contribution in [2.24, 2.45) is 5.92 Å². The second-order valence-electron chi connectivity index (χ2n) is 6.34. The summed E-state index contributed by atoms with van der Waals surface area (Å²) in [6.45, 7) is 4.57.